The van der Waals surface area contributed by atoms with E-state index in [1.807, 2.05) is 0 Å². The van der Waals surface area contributed by atoms with Crippen LogP contribution in [0.4, 0.5) is 0 Å². The molecule has 0 aromatic heterocycles. The maximum absolute atomic E-state index is 10.9. The summed E-state index contributed by atoms with van der Waals surface area (Å²) in [6.07, 6.45) is -0.189. The van der Waals surface area contributed by atoms with Crippen LogP contribution in [-0.4, -0.2) is 27.9 Å². The Kier molecular flexibility index (Phi) is 1.82. The Morgan fingerprint density at radius 2 is 1.92 bits per heavy atom. The highest BCUT2D eigenvalue weighted by molar-refractivity contribution is 5.91. The lowest BCUT2D eigenvalue weighted by Gasteiger charge is -2.14. The average molecular weight is 174 g/mol. The number of hydrogen-bond acceptors (Lipinski definition) is 5. The number of nitrogens with one attached hydrogen (secondary N) is 1. The molecule has 2 amide bonds. The van der Waals surface area contributed by atoms with Crippen LogP contribution in [-0.2, 0) is 14.4 Å². The van der Waals surface area contributed by atoms with Crippen LogP contribution in [0.15, 0.2) is 0 Å². The zero-order chi connectivity index (χ0) is 9.35. The Hall–Kier alpha value is -1.47. The van der Waals surface area contributed by atoms with Gasteiger partial charge in [0, 0.05) is 0 Å². The van der Waals surface area contributed by atoms with Crippen molar-refractivity contribution in [3.63, 3.8) is 0 Å². The normalized spacial score (nSPS) is 21.1. The molecule has 0 saturated carbocycles. The highest BCUT2D eigenvalue weighted by Gasteiger charge is 2.54. The monoisotopic (exact) mass is 174 g/mol. The number of hydroxylamine groups is 4. The fourth-order valence-corrected chi connectivity index (χ4v) is 0.900. The quantitative estimate of drug-likeness (QED) is 0.153. The van der Waals surface area contributed by atoms with Crippen molar-refractivity contribution in [2.24, 2.45) is 5.73 Å². The topological polar surface area (TPSA) is 113 Å². The van der Waals surface area contributed by atoms with E-state index in [0.717, 1.165) is 0 Å². The van der Waals surface area contributed by atoms with Gasteiger partial charge in [-0.15, -0.1) is 0 Å². The zero-order valence-electron chi connectivity index (χ0n) is 6.11. The third-order valence-corrected chi connectivity index (χ3v) is 1.46. The van der Waals surface area contributed by atoms with E-state index in [1.165, 1.54) is 0 Å². The Morgan fingerprint density at radius 1 is 1.50 bits per heavy atom. The SMILES string of the molecule is N=C(N)O[N+]1(O)C(=O)CCC1=O. The molecule has 0 aliphatic carbocycles. The lowest BCUT2D eigenvalue weighted by Crippen LogP contribution is -2.51. The number of imide groups is 1. The number of carbonyl (C=O) groups excluding carboxylic acids is 2. The number of hydrogen-bond donors (Lipinski definition) is 3. The van der Waals surface area contributed by atoms with E-state index in [-0.39, 0.29) is 12.8 Å². The van der Waals surface area contributed by atoms with Crippen LogP contribution in [0.25, 0.3) is 0 Å². The molecule has 1 saturated heterocycles. The van der Waals surface area contributed by atoms with Gasteiger partial charge in [-0.25, -0.2) is 19.8 Å². The van der Waals surface area contributed by atoms with E-state index in [0.29, 0.717) is 0 Å². The highest BCUT2D eigenvalue weighted by Crippen LogP contribution is 2.19. The van der Waals surface area contributed by atoms with E-state index < -0.39 is 22.6 Å². The molecule has 0 aromatic rings. The third kappa shape index (κ3) is 1.15. The first-order valence-electron chi connectivity index (χ1n) is 3.19. The van der Waals surface area contributed by atoms with Crippen molar-refractivity contribution < 1.29 is 24.4 Å². The summed E-state index contributed by atoms with van der Waals surface area (Å²) < 4.78 is 0. The molecule has 1 fully saturated rings. The van der Waals surface area contributed by atoms with Gasteiger partial charge in [-0.3, -0.25) is 0 Å². The maximum atomic E-state index is 10.9. The second-order valence-corrected chi connectivity index (χ2v) is 2.32. The summed E-state index contributed by atoms with van der Waals surface area (Å²) in [6, 6.07) is -0.874. The van der Waals surface area contributed by atoms with Gasteiger partial charge in [-0.1, -0.05) is 0 Å². The van der Waals surface area contributed by atoms with Crippen molar-refractivity contribution in [3.05, 3.63) is 0 Å². The molecule has 0 spiro atoms. The molecule has 1 aliphatic heterocycles. The van der Waals surface area contributed by atoms with Gasteiger partial charge in [0.2, 0.25) is 0 Å². The molecule has 66 valence electrons. The third-order valence-electron chi connectivity index (χ3n) is 1.46. The summed E-state index contributed by atoms with van der Waals surface area (Å²) in [5.74, 6) is -1.62. The molecule has 1 heterocycles. The van der Waals surface area contributed by atoms with Gasteiger partial charge >= 0.3 is 17.8 Å². The van der Waals surface area contributed by atoms with E-state index in [2.05, 4.69) is 4.84 Å². The van der Waals surface area contributed by atoms with E-state index in [9.17, 15) is 14.8 Å². The van der Waals surface area contributed by atoms with Gasteiger partial charge in [0.15, 0.2) is 0 Å². The number of nitrogens with zero attached hydrogens (tertiary/aromatic N) is 1. The Balaban J connectivity index is 2.87. The molecule has 0 unspecified atom stereocenters. The lowest BCUT2D eigenvalue weighted by atomic mass is 10.4. The number of amides is 2. The summed E-state index contributed by atoms with van der Waals surface area (Å²) in [5.41, 5.74) is 4.76. The van der Waals surface area contributed by atoms with Crippen LogP contribution in [0.1, 0.15) is 12.8 Å². The number of amidine groups is 1. The fraction of sp³-hybridized carbons (Fsp3) is 0.400. The molecular formula is C5H8N3O4+. The molecule has 7 heteroatoms. The average Bonchev–Trinajstić information content (AvgIpc) is 2.16. The summed E-state index contributed by atoms with van der Waals surface area (Å²) in [6.45, 7) is 0. The number of carbonyl (C=O) groups is 2. The molecule has 0 radical (unpaired) electrons. The smallest absolute Gasteiger partial charge is 0.349 e. The van der Waals surface area contributed by atoms with Gasteiger partial charge in [-0.05, 0) is 0 Å². The van der Waals surface area contributed by atoms with E-state index >= 15 is 0 Å². The lowest BCUT2D eigenvalue weighted by molar-refractivity contribution is -1.11. The van der Waals surface area contributed by atoms with Crippen molar-refractivity contribution in [1.82, 2.24) is 0 Å². The molecule has 1 rings (SSSR count). The fourth-order valence-electron chi connectivity index (χ4n) is 0.900. The predicted octanol–water partition coefficient (Wildman–Crippen LogP) is -1.14. The van der Waals surface area contributed by atoms with Crippen molar-refractivity contribution in [1.29, 1.82) is 5.41 Å². The van der Waals surface area contributed by atoms with Crippen LogP contribution < -0.4 is 5.73 Å². The van der Waals surface area contributed by atoms with Crippen LogP contribution in [0.5, 0.6) is 0 Å². The summed E-state index contributed by atoms with van der Waals surface area (Å²) >= 11 is 0. The molecule has 0 bridgehead atoms. The summed E-state index contributed by atoms with van der Waals surface area (Å²) in [4.78, 5) is 24.1. The first kappa shape index (κ1) is 8.62. The number of rotatable bonds is 1. The Morgan fingerprint density at radius 3 is 2.25 bits per heavy atom. The Bertz CT molecular complexity index is 245. The Labute approximate surface area is 67.3 Å². The van der Waals surface area contributed by atoms with Crippen LogP contribution in [0.3, 0.4) is 0 Å². The van der Waals surface area contributed by atoms with Crippen molar-refractivity contribution >= 4 is 17.8 Å². The molecular weight excluding hydrogens is 166 g/mol. The predicted molar refractivity (Wildman–Crippen MR) is 34.3 cm³/mol. The first-order valence-corrected chi connectivity index (χ1v) is 3.19. The van der Waals surface area contributed by atoms with Crippen LogP contribution >= 0.6 is 0 Å². The molecule has 12 heavy (non-hydrogen) atoms. The first-order chi connectivity index (χ1) is 5.47. The second-order valence-electron chi connectivity index (χ2n) is 2.32. The van der Waals surface area contributed by atoms with E-state index in [1.54, 1.807) is 0 Å². The maximum Gasteiger partial charge on any atom is 0.397 e. The summed E-state index contributed by atoms with van der Waals surface area (Å²) in [7, 11) is 0. The van der Waals surface area contributed by atoms with Crippen molar-refractivity contribution in [3.8, 4) is 0 Å². The van der Waals surface area contributed by atoms with Crippen LogP contribution in [0, 0.1) is 5.41 Å². The second kappa shape index (κ2) is 2.54. The number of quaternary nitrogens is 1. The standard InChI is InChI=1S/C5H8N3O4/c6-5(7)12-8(11)3(9)1-2-4(8)10/h11H,1-2H2,(H3,6,7)/q+1. The van der Waals surface area contributed by atoms with Crippen molar-refractivity contribution in [2.75, 3.05) is 0 Å². The van der Waals surface area contributed by atoms with E-state index in [4.69, 9.17) is 11.1 Å². The summed E-state index contributed by atoms with van der Waals surface area (Å²) in [5, 5.41) is 15.8. The van der Waals surface area contributed by atoms with Gasteiger partial charge < -0.3 is 5.73 Å². The molecule has 7 nitrogen and oxygen atoms in total. The largest absolute Gasteiger partial charge is 0.397 e. The van der Waals surface area contributed by atoms with Gasteiger partial charge in [0.05, 0.1) is 12.8 Å². The molecule has 1 aliphatic rings. The van der Waals surface area contributed by atoms with Crippen LogP contribution in [0.2, 0.25) is 0 Å². The minimum Gasteiger partial charge on any atom is -0.349 e. The highest BCUT2D eigenvalue weighted by atomic mass is 16.9. The van der Waals surface area contributed by atoms with Gasteiger partial charge in [-0.2, -0.15) is 5.21 Å². The molecule has 0 atom stereocenters. The molecule has 4 N–H and O–H groups in total. The van der Waals surface area contributed by atoms with Gasteiger partial charge in [0.1, 0.15) is 4.81 Å². The zero-order valence-corrected chi connectivity index (χ0v) is 6.11. The van der Waals surface area contributed by atoms with Crippen molar-refractivity contribution in [2.45, 2.75) is 12.8 Å². The van der Waals surface area contributed by atoms with Gasteiger partial charge in [0.25, 0.3) is 0 Å². The number of nitrogens with two attached hydrogens (primary N) is 1. The molecule has 0 aromatic carbocycles. The minimum absolute atomic E-state index is 0.0946. The minimum atomic E-state index is -1.82.